The van der Waals surface area contributed by atoms with Crippen molar-refractivity contribution in [3.05, 3.63) is 29.8 Å². The molecule has 0 saturated carbocycles. The summed E-state index contributed by atoms with van der Waals surface area (Å²) in [5.74, 6) is -0.389. The van der Waals surface area contributed by atoms with E-state index >= 15 is 0 Å². The fraction of sp³-hybridized carbons (Fsp3) is 0.417. The van der Waals surface area contributed by atoms with Gasteiger partial charge >= 0.3 is 0 Å². The topological polar surface area (TPSA) is 72.5 Å². The second-order valence-electron chi connectivity index (χ2n) is 4.11. The Morgan fingerprint density at radius 3 is 2.61 bits per heavy atom. The smallest absolute Gasteiger partial charge is 0.252 e. The zero-order valence-corrected chi connectivity index (χ0v) is 10.9. The van der Waals surface area contributed by atoms with Crippen molar-refractivity contribution in [1.29, 1.82) is 0 Å². The molecule has 1 heterocycles. The molecule has 18 heavy (non-hydrogen) atoms. The number of hydrogen-bond acceptors (Lipinski definition) is 4. The first-order valence-corrected chi connectivity index (χ1v) is 7.40. The lowest BCUT2D eigenvalue weighted by Gasteiger charge is -2.27. The van der Waals surface area contributed by atoms with Crippen molar-refractivity contribution >= 4 is 15.7 Å². The minimum absolute atomic E-state index is 0.0186. The Hall–Kier alpha value is -1.40. The molecule has 1 saturated heterocycles. The Morgan fingerprint density at radius 1 is 1.39 bits per heavy atom. The maximum absolute atomic E-state index is 12.0. The van der Waals surface area contributed by atoms with E-state index in [1.165, 1.54) is 12.1 Å². The van der Waals surface area contributed by atoms with Crippen molar-refractivity contribution in [1.82, 2.24) is 5.32 Å². The normalized spacial score (nSPS) is 16.1. The predicted molar refractivity (Wildman–Crippen MR) is 66.2 cm³/mol. The highest BCUT2D eigenvalue weighted by Gasteiger charge is 2.25. The molecule has 1 aromatic rings. The highest BCUT2D eigenvalue weighted by atomic mass is 32.2. The summed E-state index contributed by atoms with van der Waals surface area (Å²) < 4.78 is 28.7. The van der Waals surface area contributed by atoms with Crippen LogP contribution < -0.4 is 5.32 Å². The lowest BCUT2D eigenvalue weighted by atomic mass is 10.2. The molecule has 0 aliphatic carbocycles. The molecule has 0 atom stereocenters. The number of rotatable bonds is 4. The van der Waals surface area contributed by atoms with Crippen LogP contribution in [0.5, 0.6) is 0 Å². The van der Waals surface area contributed by atoms with Gasteiger partial charge in [0.25, 0.3) is 5.91 Å². The van der Waals surface area contributed by atoms with Crippen LogP contribution in [0, 0.1) is 0 Å². The third kappa shape index (κ3) is 2.54. The molecular formula is C12H15NO4S. The van der Waals surface area contributed by atoms with Crippen molar-refractivity contribution < 1.29 is 17.9 Å². The first kappa shape index (κ1) is 13.0. The molecule has 0 aromatic heterocycles. The Balaban J connectivity index is 2.29. The second kappa shape index (κ2) is 5.07. The summed E-state index contributed by atoms with van der Waals surface area (Å²) in [5.41, 5.74) is 0.200. The zero-order chi connectivity index (χ0) is 13.2. The van der Waals surface area contributed by atoms with E-state index in [9.17, 15) is 13.2 Å². The molecule has 0 unspecified atom stereocenters. The zero-order valence-electron chi connectivity index (χ0n) is 10.0. The van der Waals surface area contributed by atoms with Gasteiger partial charge in [0.1, 0.15) is 0 Å². The molecule has 98 valence electrons. The number of nitrogens with one attached hydrogen (secondary N) is 1. The van der Waals surface area contributed by atoms with Crippen molar-refractivity contribution in [3.8, 4) is 0 Å². The van der Waals surface area contributed by atoms with Crippen LogP contribution in [0.1, 0.15) is 17.3 Å². The van der Waals surface area contributed by atoms with Gasteiger partial charge in [0.05, 0.1) is 35.5 Å². The van der Waals surface area contributed by atoms with Crippen LogP contribution in [0.3, 0.4) is 0 Å². The summed E-state index contributed by atoms with van der Waals surface area (Å²) in [6, 6.07) is 6.24. The highest BCUT2D eigenvalue weighted by Crippen LogP contribution is 2.17. The number of carbonyl (C=O) groups excluding carboxylic acids is 1. The molecule has 0 bridgehead atoms. The van der Waals surface area contributed by atoms with Crippen molar-refractivity contribution in [2.45, 2.75) is 17.9 Å². The SMILES string of the molecule is CCS(=O)(=O)c1ccccc1C(=O)NC1COC1. The van der Waals surface area contributed by atoms with Gasteiger partial charge in [-0.3, -0.25) is 4.79 Å². The third-order valence-corrected chi connectivity index (χ3v) is 4.61. The van der Waals surface area contributed by atoms with Gasteiger partial charge < -0.3 is 10.1 Å². The molecule has 1 fully saturated rings. The van der Waals surface area contributed by atoms with Crippen molar-refractivity contribution in [2.75, 3.05) is 19.0 Å². The molecule has 1 aliphatic rings. The van der Waals surface area contributed by atoms with Crippen molar-refractivity contribution in [3.63, 3.8) is 0 Å². The van der Waals surface area contributed by atoms with Crippen LogP contribution in [0.2, 0.25) is 0 Å². The van der Waals surface area contributed by atoms with Crippen LogP contribution in [0.4, 0.5) is 0 Å². The molecular weight excluding hydrogens is 254 g/mol. The molecule has 6 heteroatoms. The Kier molecular flexibility index (Phi) is 3.68. The number of hydrogen-bond donors (Lipinski definition) is 1. The van der Waals surface area contributed by atoms with Gasteiger partial charge in [0, 0.05) is 0 Å². The number of carbonyl (C=O) groups is 1. The van der Waals surface area contributed by atoms with Crippen LogP contribution in [-0.4, -0.2) is 39.3 Å². The fourth-order valence-corrected chi connectivity index (χ4v) is 2.76. The van der Waals surface area contributed by atoms with Crippen molar-refractivity contribution in [2.24, 2.45) is 0 Å². The van der Waals surface area contributed by atoms with Gasteiger partial charge in [-0.15, -0.1) is 0 Å². The van der Waals surface area contributed by atoms with E-state index in [1.807, 2.05) is 0 Å². The number of amides is 1. The number of sulfone groups is 1. The minimum Gasteiger partial charge on any atom is -0.377 e. The van der Waals surface area contributed by atoms with Gasteiger partial charge in [-0.25, -0.2) is 8.42 Å². The summed E-state index contributed by atoms with van der Waals surface area (Å²) in [7, 11) is -3.39. The van der Waals surface area contributed by atoms with E-state index in [1.54, 1.807) is 19.1 Å². The van der Waals surface area contributed by atoms with E-state index in [4.69, 9.17) is 4.74 Å². The third-order valence-electron chi connectivity index (χ3n) is 2.82. The van der Waals surface area contributed by atoms with Gasteiger partial charge in [-0.05, 0) is 12.1 Å². The summed E-state index contributed by atoms with van der Waals surface area (Å²) in [6.45, 7) is 2.52. The maximum Gasteiger partial charge on any atom is 0.252 e. The van der Waals surface area contributed by atoms with Crippen LogP contribution in [-0.2, 0) is 14.6 Å². The van der Waals surface area contributed by atoms with Gasteiger partial charge in [-0.2, -0.15) is 0 Å². The largest absolute Gasteiger partial charge is 0.377 e. The number of ether oxygens (including phenoxy) is 1. The lowest BCUT2D eigenvalue weighted by Crippen LogP contribution is -2.48. The fourth-order valence-electron chi connectivity index (χ4n) is 1.66. The first-order chi connectivity index (χ1) is 8.54. The van der Waals surface area contributed by atoms with E-state index in [0.29, 0.717) is 13.2 Å². The average molecular weight is 269 g/mol. The molecule has 1 aliphatic heterocycles. The highest BCUT2D eigenvalue weighted by molar-refractivity contribution is 7.91. The molecule has 0 spiro atoms. The van der Waals surface area contributed by atoms with E-state index in [0.717, 1.165) is 0 Å². The van der Waals surface area contributed by atoms with Crippen LogP contribution >= 0.6 is 0 Å². The van der Waals surface area contributed by atoms with Crippen LogP contribution in [0.15, 0.2) is 29.2 Å². The molecule has 0 radical (unpaired) electrons. The quantitative estimate of drug-likeness (QED) is 0.869. The molecule has 2 rings (SSSR count). The van der Waals surface area contributed by atoms with E-state index < -0.39 is 9.84 Å². The van der Waals surface area contributed by atoms with E-state index in [2.05, 4.69) is 5.32 Å². The molecule has 1 N–H and O–H groups in total. The first-order valence-electron chi connectivity index (χ1n) is 5.75. The Labute approximate surface area is 106 Å². The second-order valence-corrected chi connectivity index (χ2v) is 6.35. The molecule has 1 aromatic carbocycles. The summed E-state index contributed by atoms with van der Waals surface area (Å²) >= 11 is 0. The summed E-state index contributed by atoms with van der Waals surface area (Å²) in [6.07, 6.45) is 0. The Morgan fingerprint density at radius 2 is 2.06 bits per heavy atom. The van der Waals surface area contributed by atoms with Gasteiger partial charge in [0.2, 0.25) is 0 Å². The summed E-state index contributed by atoms with van der Waals surface area (Å²) in [4.78, 5) is 12.1. The molecule has 5 nitrogen and oxygen atoms in total. The van der Waals surface area contributed by atoms with Gasteiger partial charge in [-0.1, -0.05) is 19.1 Å². The predicted octanol–water partition coefficient (Wildman–Crippen LogP) is 0.609. The van der Waals surface area contributed by atoms with E-state index in [-0.39, 0.29) is 28.2 Å². The standard InChI is InChI=1S/C12H15NO4S/c1-2-18(15,16)11-6-4-3-5-10(11)12(14)13-9-7-17-8-9/h3-6,9H,2,7-8H2,1H3,(H,13,14). The lowest BCUT2D eigenvalue weighted by molar-refractivity contribution is -0.00351. The van der Waals surface area contributed by atoms with Crippen LogP contribution in [0.25, 0.3) is 0 Å². The number of benzene rings is 1. The monoisotopic (exact) mass is 269 g/mol. The maximum atomic E-state index is 12.0. The Bertz CT molecular complexity index is 549. The summed E-state index contributed by atoms with van der Waals surface area (Å²) in [5, 5.41) is 2.74. The van der Waals surface area contributed by atoms with Gasteiger partial charge in [0.15, 0.2) is 9.84 Å². The minimum atomic E-state index is -3.39. The average Bonchev–Trinajstić information content (AvgIpc) is 2.33. The molecule has 1 amide bonds.